The number of nitrogen functional groups attached to an aromatic ring is 1. The van der Waals surface area contributed by atoms with Gasteiger partial charge in [0.1, 0.15) is 5.52 Å². The summed E-state index contributed by atoms with van der Waals surface area (Å²) in [6.07, 6.45) is 0. The van der Waals surface area contributed by atoms with E-state index >= 15 is 0 Å². The van der Waals surface area contributed by atoms with Gasteiger partial charge in [-0.2, -0.15) is 0 Å². The first kappa shape index (κ1) is 11.4. The lowest BCUT2D eigenvalue weighted by Crippen LogP contribution is -1.98. The molecule has 3 N–H and O–H groups in total. The van der Waals surface area contributed by atoms with Crippen LogP contribution in [-0.2, 0) is 0 Å². The summed E-state index contributed by atoms with van der Waals surface area (Å²) in [6.45, 7) is 1.93. The van der Waals surface area contributed by atoms with E-state index in [1.54, 1.807) is 6.07 Å². The molecule has 0 fully saturated rings. The molecule has 0 saturated carbocycles. The van der Waals surface area contributed by atoms with Crippen molar-refractivity contribution in [2.75, 3.05) is 5.73 Å². The quantitative estimate of drug-likeness (QED) is 0.649. The van der Waals surface area contributed by atoms with Crippen molar-refractivity contribution in [1.82, 2.24) is 9.71 Å². The zero-order chi connectivity index (χ0) is 13.6. The third-order valence-corrected chi connectivity index (χ3v) is 3.19. The first-order valence-electron chi connectivity index (χ1n) is 5.82. The maximum absolute atomic E-state index is 12.1. The molecule has 0 aliphatic carbocycles. The van der Waals surface area contributed by atoms with Crippen LogP contribution < -0.4 is 10.8 Å². The Kier molecular flexibility index (Phi) is 2.35. The van der Waals surface area contributed by atoms with Crippen LogP contribution in [0.4, 0.5) is 5.95 Å². The lowest BCUT2D eigenvalue weighted by molar-refractivity contribution is -0.267. The van der Waals surface area contributed by atoms with Crippen molar-refractivity contribution >= 4 is 17.0 Å². The van der Waals surface area contributed by atoms with Gasteiger partial charge in [-0.05, 0) is 35.7 Å². The predicted molar refractivity (Wildman–Crippen MR) is 70.9 cm³/mol. The summed E-state index contributed by atoms with van der Waals surface area (Å²) in [6, 6.07) is 10.6. The van der Waals surface area contributed by atoms with Crippen molar-refractivity contribution < 1.29 is 10.3 Å². The smallest absolute Gasteiger partial charge is 0.235 e. The summed E-state index contributed by atoms with van der Waals surface area (Å²) in [5, 5.41) is 21.9. The molecule has 3 aromatic rings. The molecule has 0 saturated heterocycles. The van der Waals surface area contributed by atoms with Crippen LogP contribution in [0.3, 0.4) is 0 Å². The van der Waals surface area contributed by atoms with Crippen LogP contribution in [0.5, 0.6) is 5.75 Å². The van der Waals surface area contributed by atoms with E-state index in [2.05, 4.69) is 4.98 Å². The maximum atomic E-state index is 12.1. The van der Waals surface area contributed by atoms with Crippen LogP contribution in [0.15, 0.2) is 36.4 Å². The maximum Gasteiger partial charge on any atom is 0.235 e. The zero-order valence-electron chi connectivity index (χ0n) is 10.3. The number of fused-ring (bicyclic) bond motifs is 1. The van der Waals surface area contributed by atoms with Crippen LogP contribution in [0.25, 0.3) is 22.2 Å². The lowest BCUT2D eigenvalue weighted by atomic mass is 9.99. The molecule has 5 nitrogen and oxygen atoms in total. The van der Waals surface area contributed by atoms with Crippen molar-refractivity contribution in [3.05, 3.63) is 42.0 Å². The van der Waals surface area contributed by atoms with Gasteiger partial charge in [-0.15, -0.1) is 4.73 Å². The van der Waals surface area contributed by atoms with E-state index in [-0.39, 0.29) is 11.7 Å². The highest BCUT2D eigenvalue weighted by molar-refractivity contribution is 5.88. The third-order valence-electron chi connectivity index (χ3n) is 3.19. The lowest BCUT2D eigenvalue weighted by Gasteiger charge is -2.15. The summed E-state index contributed by atoms with van der Waals surface area (Å²) < 4.78 is 0.788. The highest BCUT2D eigenvalue weighted by atomic mass is 16.5. The van der Waals surface area contributed by atoms with Gasteiger partial charge in [0.2, 0.25) is 5.95 Å². The molecule has 96 valence electrons. The minimum absolute atomic E-state index is 0.0312. The van der Waals surface area contributed by atoms with Gasteiger partial charge in [0, 0.05) is 0 Å². The second kappa shape index (κ2) is 3.91. The molecule has 0 spiro atoms. The van der Waals surface area contributed by atoms with Crippen LogP contribution >= 0.6 is 0 Å². The Morgan fingerprint density at radius 3 is 2.68 bits per heavy atom. The summed E-state index contributed by atoms with van der Waals surface area (Å²) in [5.41, 5.74) is 8.71. The third kappa shape index (κ3) is 1.67. The number of imidazole rings is 1. The normalized spacial score (nSPS) is 11.0. The molecular formula is C14H12N3O2-. The fourth-order valence-corrected chi connectivity index (χ4v) is 2.20. The SMILES string of the molecule is Cc1ccccc1-c1cc2c(cc1[O-])nc(N)n2O. The second-order valence-corrected chi connectivity index (χ2v) is 4.43. The Labute approximate surface area is 109 Å². The minimum atomic E-state index is -0.139. The first-order valence-corrected chi connectivity index (χ1v) is 5.82. The van der Waals surface area contributed by atoms with Crippen LogP contribution in [-0.4, -0.2) is 14.9 Å². The predicted octanol–water partition coefficient (Wildman–Crippen LogP) is 1.90. The second-order valence-electron chi connectivity index (χ2n) is 4.43. The van der Waals surface area contributed by atoms with E-state index < -0.39 is 0 Å². The number of benzene rings is 2. The first-order chi connectivity index (χ1) is 9.08. The van der Waals surface area contributed by atoms with Crippen LogP contribution in [0.2, 0.25) is 0 Å². The summed E-state index contributed by atoms with van der Waals surface area (Å²) in [4.78, 5) is 3.92. The van der Waals surface area contributed by atoms with Gasteiger partial charge in [0.05, 0.1) is 5.52 Å². The number of hydrogen-bond donors (Lipinski definition) is 2. The molecule has 0 atom stereocenters. The minimum Gasteiger partial charge on any atom is -0.872 e. The fourth-order valence-electron chi connectivity index (χ4n) is 2.20. The summed E-state index contributed by atoms with van der Waals surface area (Å²) in [5.74, 6) is -0.170. The van der Waals surface area contributed by atoms with E-state index in [1.807, 2.05) is 31.2 Å². The van der Waals surface area contributed by atoms with Gasteiger partial charge in [0.25, 0.3) is 0 Å². The number of hydrogen-bond acceptors (Lipinski definition) is 4. The average Bonchev–Trinajstić information content (AvgIpc) is 2.65. The number of aryl methyl sites for hydroxylation is 1. The fraction of sp³-hybridized carbons (Fsp3) is 0.0714. The molecule has 0 amide bonds. The van der Waals surface area contributed by atoms with E-state index in [0.29, 0.717) is 16.6 Å². The molecule has 19 heavy (non-hydrogen) atoms. The monoisotopic (exact) mass is 254 g/mol. The highest BCUT2D eigenvalue weighted by Gasteiger charge is 2.10. The summed E-state index contributed by atoms with van der Waals surface area (Å²) in [7, 11) is 0. The average molecular weight is 254 g/mol. The van der Waals surface area contributed by atoms with Gasteiger partial charge in [0.15, 0.2) is 0 Å². The molecule has 0 bridgehead atoms. The van der Waals surface area contributed by atoms with Crippen molar-refractivity contribution in [1.29, 1.82) is 0 Å². The Morgan fingerprint density at radius 1 is 1.21 bits per heavy atom. The Hall–Kier alpha value is -2.69. The van der Waals surface area contributed by atoms with Gasteiger partial charge in [-0.3, -0.25) is 0 Å². The largest absolute Gasteiger partial charge is 0.872 e. The van der Waals surface area contributed by atoms with Crippen molar-refractivity contribution in [2.24, 2.45) is 0 Å². The topological polar surface area (TPSA) is 87.1 Å². The Bertz CT molecular complexity index is 778. The van der Waals surface area contributed by atoms with E-state index in [9.17, 15) is 10.3 Å². The van der Waals surface area contributed by atoms with E-state index in [1.165, 1.54) is 6.07 Å². The molecular weight excluding hydrogens is 242 g/mol. The molecule has 0 aliphatic rings. The Balaban J connectivity index is 2.33. The molecule has 0 unspecified atom stereocenters. The van der Waals surface area contributed by atoms with Crippen molar-refractivity contribution in [3.63, 3.8) is 0 Å². The molecule has 1 aromatic heterocycles. The van der Waals surface area contributed by atoms with Crippen molar-refractivity contribution in [2.45, 2.75) is 6.92 Å². The number of nitrogens with zero attached hydrogens (tertiary/aromatic N) is 2. The standard InChI is InChI=1S/C14H13N3O2/c1-8-4-2-3-5-9(8)10-6-12-11(7-13(10)18)16-14(15)17(12)19/h2-7,18-19H,1H3,(H2,15,16)/p-1. The van der Waals surface area contributed by atoms with E-state index in [4.69, 9.17) is 5.73 Å². The van der Waals surface area contributed by atoms with Crippen LogP contribution in [0.1, 0.15) is 5.56 Å². The van der Waals surface area contributed by atoms with Crippen LogP contribution in [0, 0.1) is 6.92 Å². The highest BCUT2D eigenvalue weighted by Crippen LogP contribution is 2.33. The molecule has 2 aromatic carbocycles. The number of nitrogens with two attached hydrogens (primary N) is 1. The molecule has 1 heterocycles. The molecule has 3 rings (SSSR count). The number of rotatable bonds is 1. The molecule has 0 radical (unpaired) electrons. The summed E-state index contributed by atoms with van der Waals surface area (Å²) >= 11 is 0. The van der Waals surface area contributed by atoms with Gasteiger partial charge < -0.3 is 16.0 Å². The van der Waals surface area contributed by atoms with Gasteiger partial charge in [-0.25, -0.2) is 4.98 Å². The molecule has 5 heteroatoms. The zero-order valence-corrected chi connectivity index (χ0v) is 10.3. The number of anilines is 1. The van der Waals surface area contributed by atoms with Gasteiger partial charge in [-0.1, -0.05) is 30.0 Å². The van der Waals surface area contributed by atoms with E-state index in [0.717, 1.165) is 15.9 Å². The van der Waals surface area contributed by atoms with Gasteiger partial charge >= 0.3 is 0 Å². The number of aromatic nitrogens is 2. The van der Waals surface area contributed by atoms with Crippen molar-refractivity contribution in [3.8, 4) is 16.9 Å². The Morgan fingerprint density at radius 2 is 1.95 bits per heavy atom. The molecule has 0 aliphatic heterocycles.